The Balaban J connectivity index is 1.76. The van der Waals surface area contributed by atoms with Crippen molar-refractivity contribution in [3.05, 3.63) is 66.0 Å². The van der Waals surface area contributed by atoms with Crippen molar-refractivity contribution in [3.8, 4) is 11.3 Å². The average molecular weight is 423 g/mol. The Kier molecular flexibility index (Phi) is 6.92. The van der Waals surface area contributed by atoms with E-state index in [0.29, 0.717) is 28.7 Å². The fourth-order valence-corrected chi connectivity index (χ4v) is 2.83. The number of nitrogens with zero attached hydrogens (tertiary/aromatic N) is 1. The number of ether oxygens (including phenoxy) is 1. The molecule has 0 radical (unpaired) electrons. The van der Waals surface area contributed by atoms with Gasteiger partial charge >= 0.3 is 12.0 Å². The van der Waals surface area contributed by atoms with Gasteiger partial charge in [0, 0.05) is 17.5 Å². The summed E-state index contributed by atoms with van der Waals surface area (Å²) in [6, 6.07) is 13.6. The van der Waals surface area contributed by atoms with Gasteiger partial charge in [-0.15, -0.1) is 0 Å². The highest BCUT2D eigenvalue weighted by Gasteiger charge is 2.17. The van der Waals surface area contributed by atoms with Gasteiger partial charge in [0.1, 0.15) is 5.82 Å². The molecule has 8 heteroatoms. The molecule has 0 bridgehead atoms. The van der Waals surface area contributed by atoms with Crippen molar-refractivity contribution >= 4 is 28.8 Å². The Morgan fingerprint density at radius 1 is 1.06 bits per heavy atom. The Morgan fingerprint density at radius 2 is 1.77 bits per heavy atom. The molecule has 0 saturated carbocycles. The zero-order valence-corrected chi connectivity index (χ0v) is 17.1. The summed E-state index contributed by atoms with van der Waals surface area (Å²) in [6.07, 6.45) is 0. The van der Waals surface area contributed by atoms with Gasteiger partial charge in [-0.05, 0) is 42.3 Å². The average Bonchev–Trinajstić information content (AvgIpc) is 2.75. The normalized spacial score (nSPS) is 10.7. The maximum atomic E-state index is 13.3. The number of halogens is 1. The van der Waals surface area contributed by atoms with Crippen molar-refractivity contribution in [2.24, 2.45) is 5.92 Å². The molecule has 0 saturated heterocycles. The third-order valence-electron chi connectivity index (χ3n) is 4.33. The number of imide groups is 1. The van der Waals surface area contributed by atoms with E-state index in [9.17, 15) is 18.8 Å². The largest absolute Gasteiger partial charge is 0.452 e. The van der Waals surface area contributed by atoms with Crippen LogP contribution in [0.25, 0.3) is 22.2 Å². The minimum absolute atomic E-state index is 0.210. The summed E-state index contributed by atoms with van der Waals surface area (Å²) in [5, 5.41) is 5.20. The van der Waals surface area contributed by atoms with Gasteiger partial charge in [0.2, 0.25) is 0 Å². The van der Waals surface area contributed by atoms with Crippen LogP contribution in [0.1, 0.15) is 24.2 Å². The highest BCUT2D eigenvalue weighted by atomic mass is 19.1. The molecule has 0 aliphatic heterocycles. The first-order valence-corrected chi connectivity index (χ1v) is 9.74. The minimum atomic E-state index is -0.744. The minimum Gasteiger partial charge on any atom is -0.452 e. The second kappa shape index (κ2) is 9.80. The van der Waals surface area contributed by atoms with Crippen molar-refractivity contribution in [3.63, 3.8) is 0 Å². The number of nitrogens with one attached hydrogen (secondary N) is 2. The number of pyridine rings is 1. The number of urea groups is 1. The summed E-state index contributed by atoms with van der Waals surface area (Å²) in [5.41, 5.74) is 1.85. The van der Waals surface area contributed by atoms with E-state index in [1.165, 1.54) is 18.2 Å². The van der Waals surface area contributed by atoms with Gasteiger partial charge in [-0.3, -0.25) is 10.1 Å². The Labute approximate surface area is 178 Å². The van der Waals surface area contributed by atoms with Gasteiger partial charge in [-0.25, -0.2) is 19.0 Å². The summed E-state index contributed by atoms with van der Waals surface area (Å²) in [6.45, 7) is 3.64. The molecular formula is C23H22FN3O4. The van der Waals surface area contributed by atoms with E-state index in [2.05, 4.69) is 15.6 Å². The summed E-state index contributed by atoms with van der Waals surface area (Å²) >= 11 is 0. The van der Waals surface area contributed by atoms with Crippen molar-refractivity contribution in [1.29, 1.82) is 0 Å². The third kappa shape index (κ3) is 5.85. The van der Waals surface area contributed by atoms with E-state index >= 15 is 0 Å². The van der Waals surface area contributed by atoms with Crippen LogP contribution in [-0.4, -0.2) is 36.0 Å². The van der Waals surface area contributed by atoms with E-state index in [4.69, 9.17) is 4.74 Å². The molecule has 2 aromatic carbocycles. The lowest BCUT2D eigenvalue weighted by Gasteiger charge is -2.11. The Bertz CT molecular complexity index is 1110. The predicted octanol–water partition coefficient (Wildman–Crippen LogP) is 3.68. The molecule has 7 nitrogen and oxygen atoms in total. The number of carbonyl (C=O) groups excluding carboxylic acids is 3. The molecule has 31 heavy (non-hydrogen) atoms. The van der Waals surface area contributed by atoms with Crippen molar-refractivity contribution in [2.75, 3.05) is 13.2 Å². The molecule has 0 unspecified atom stereocenters. The van der Waals surface area contributed by atoms with E-state index in [-0.39, 0.29) is 17.3 Å². The lowest BCUT2D eigenvalue weighted by atomic mass is 10.0. The molecule has 0 spiro atoms. The summed E-state index contributed by atoms with van der Waals surface area (Å²) in [7, 11) is 0. The van der Waals surface area contributed by atoms with E-state index in [0.717, 1.165) is 0 Å². The molecule has 160 valence electrons. The second-order valence-electron chi connectivity index (χ2n) is 7.31. The molecule has 0 aliphatic carbocycles. The number of aromatic nitrogens is 1. The summed E-state index contributed by atoms with van der Waals surface area (Å²) in [4.78, 5) is 40.8. The highest BCUT2D eigenvalue weighted by molar-refractivity contribution is 6.05. The molecule has 1 heterocycles. The number of hydrogen-bond donors (Lipinski definition) is 2. The molecule has 0 aliphatic rings. The van der Waals surface area contributed by atoms with Crippen molar-refractivity contribution in [2.45, 2.75) is 13.8 Å². The first-order valence-electron chi connectivity index (χ1n) is 9.74. The van der Waals surface area contributed by atoms with Crippen LogP contribution in [0.3, 0.4) is 0 Å². The summed E-state index contributed by atoms with van der Waals surface area (Å²) in [5.74, 6) is -1.63. The first kappa shape index (κ1) is 21.9. The molecule has 3 amide bonds. The SMILES string of the molecule is CC(C)CNC(=O)NC(=O)COC(=O)c1cc(-c2ccc(F)cc2)nc2ccccc12. The molecular weight excluding hydrogens is 401 g/mol. The molecule has 1 aromatic heterocycles. The van der Waals surface area contributed by atoms with Gasteiger partial charge in [0.05, 0.1) is 16.8 Å². The van der Waals surface area contributed by atoms with Crippen molar-refractivity contribution < 1.29 is 23.5 Å². The molecule has 3 aromatic rings. The Hall–Kier alpha value is -3.81. The molecule has 2 N–H and O–H groups in total. The maximum absolute atomic E-state index is 13.3. The van der Waals surface area contributed by atoms with E-state index < -0.39 is 24.5 Å². The van der Waals surface area contributed by atoms with Crippen LogP contribution in [0, 0.1) is 11.7 Å². The van der Waals surface area contributed by atoms with E-state index in [1.807, 2.05) is 13.8 Å². The number of carbonyl (C=O) groups is 3. The standard InChI is InChI=1S/C23H22FN3O4/c1-14(2)12-25-23(30)27-21(28)13-31-22(29)18-11-20(15-7-9-16(24)10-8-15)26-19-6-4-3-5-17(18)19/h3-11,14H,12-13H2,1-2H3,(H2,25,27,28,30). The zero-order valence-electron chi connectivity index (χ0n) is 17.1. The number of benzene rings is 2. The number of hydrogen-bond acceptors (Lipinski definition) is 5. The van der Waals surface area contributed by atoms with Gasteiger partial charge < -0.3 is 10.1 Å². The van der Waals surface area contributed by atoms with Crippen LogP contribution < -0.4 is 10.6 Å². The van der Waals surface area contributed by atoms with Gasteiger partial charge in [-0.1, -0.05) is 32.0 Å². The van der Waals surface area contributed by atoms with Crippen LogP contribution in [0.4, 0.5) is 9.18 Å². The lowest BCUT2D eigenvalue weighted by molar-refractivity contribution is -0.123. The van der Waals surface area contributed by atoms with Crippen LogP contribution >= 0.6 is 0 Å². The van der Waals surface area contributed by atoms with E-state index in [1.54, 1.807) is 36.4 Å². The van der Waals surface area contributed by atoms with Gasteiger partial charge in [0.25, 0.3) is 5.91 Å². The predicted molar refractivity (Wildman–Crippen MR) is 114 cm³/mol. The zero-order chi connectivity index (χ0) is 22.4. The highest BCUT2D eigenvalue weighted by Crippen LogP contribution is 2.25. The fourth-order valence-electron chi connectivity index (χ4n) is 2.83. The number of amides is 3. The third-order valence-corrected chi connectivity index (χ3v) is 4.33. The molecule has 0 atom stereocenters. The smallest absolute Gasteiger partial charge is 0.339 e. The lowest BCUT2D eigenvalue weighted by Crippen LogP contribution is -2.42. The van der Waals surface area contributed by atoms with Crippen LogP contribution in [-0.2, 0) is 9.53 Å². The molecule has 0 fully saturated rings. The molecule has 3 rings (SSSR count). The van der Waals surface area contributed by atoms with Crippen molar-refractivity contribution in [1.82, 2.24) is 15.6 Å². The quantitative estimate of drug-likeness (QED) is 0.590. The number of fused-ring (bicyclic) bond motifs is 1. The number of rotatable bonds is 6. The number of para-hydroxylation sites is 1. The fraction of sp³-hybridized carbons (Fsp3) is 0.217. The Morgan fingerprint density at radius 3 is 2.48 bits per heavy atom. The van der Waals surface area contributed by atoms with Gasteiger partial charge in [-0.2, -0.15) is 0 Å². The van der Waals surface area contributed by atoms with Gasteiger partial charge in [0.15, 0.2) is 6.61 Å². The summed E-state index contributed by atoms with van der Waals surface area (Å²) < 4.78 is 18.4. The monoisotopic (exact) mass is 423 g/mol. The van der Waals surface area contributed by atoms with Crippen LogP contribution in [0.15, 0.2) is 54.6 Å². The topological polar surface area (TPSA) is 97.4 Å². The van der Waals surface area contributed by atoms with Crippen LogP contribution in [0.2, 0.25) is 0 Å². The second-order valence-corrected chi connectivity index (χ2v) is 7.31. The van der Waals surface area contributed by atoms with Crippen LogP contribution in [0.5, 0.6) is 0 Å². The number of esters is 1. The first-order chi connectivity index (χ1) is 14.8. The maximum Gasteiger partial charge on any atom is 0.339 e.